The molecule has 2 amide bonds. The third kappa shape index (κ3) is 6.62. The average molecular weight is 352 g/mol. The molecule has 0 aliphatic heterocycles. The van der Waals surface area contributed by atoms with Crippen molar-refractivity contribution in [1.29, 1.82) is 0 Å². The van der Waals surface area contributed by atoms with Crippen molar-refractivity contribution in [3.8, 4) is 0 Å². The summed E-state index contributed by atoms with van der Waals surface area (Å²) in [5, 5.41) is 11.2. The molecule has 0 saturated carbocycles. The van der Waals surface area contributed by atoms with Gasteiger partial charge in [-0.2, -0.15) is 0 Å². The predicted octanol–water partition coefficient (Wildman–Crippen LogP) is 2.84. The van der Waals surface area contributed by atoms with Gasteiger partial charge in [-0.05, 0) is 45.0 Å². The summed E-state index contributed by atoms with van der Waals surface area (Å²) in [6, 6.07) is 7.20. The molecule has 0 saturated heterocycles. The van der Waals surface area contributed by atoms with Gasteiger partial charge >= 0.3 is 5.97 Å². The van der Waals surface area contributed by atoms with Crippen molar-refractivity contribution >= 4 is 35.2 Å². The first-order valence-electron chi connectivity index (χ1n) is 7.77. The Labute approximate surface area is 146 Å². The number of aliphatic carboxylic acids is 1. The second kappa shape index (κ2) is 9.32. The van der Waals surface area contributed by atoms with Gasteiger partial charge in [-0.25, -0.2) is 0 Å². The monoisotopic (exact) mass is 352 g/mol. The number of nitrogens with zero attached hydrogens (tertiary/aromatic N) is 1. The topological polar surface area (TPSA) is 86.7 Å². The zero-order chi connectivity index (χ0) is 18.3. The van der Waals surface area contributed by atoms with Gasteiger partial charge in [0.15, 0.2) is 0 Å². The van der Waals surface area contributed by atoms with Gasteiger partial charge in [-0.3, -0.25) is 14.4 Å². The van der Waals surface area contributed by atoms with Crippen molar-refractivity contribution in [2.24, 2.45) is 0 Å². The largest absolute Gasteiger partial charge is 0.481 e. The minimum Gasteiger partial charge on any atom is -0.481 e. The number of hydrogen-bond donors (Lipinski definition) is 2. The molecule has 0 fully saturated rings. The molecule has 1 aromatic carbocycles. The molecule has 7 heteroatoms. The van der Waals surface area contributed by atoms with Crippen molar-refractivity contribution < 1.29 is 19.5 Å². The second-order valence-corrected chi connectivity index (χ2v) is 7.15. The van der Waals surface area contributed by atoms with Crippen LogP contribution in [-0.2, 0) is 14.4 Å². The Hall–Kier alpha value is -2.02. The fourth-order valence-electron chi connectivity index (χ4n) is 2.15. The number of carbonyl (C=O) groups excluding carboxylic acids is 2. The highest BCUT2D eigenvalue weighted by Gasteiger charge is 2.24. The summed E-state index contributed by atoms with van der Waals surface area (Å²) in [5.41, 5.74) is 0.705. The fourth-order valence-corrected chi connectivity index (χ4v) is 3.08. The zero-order valence-electron chi connectivity index (χ0n) is 14.4. The van der Waals surface area contributed by atoms with Gasteiger partial charge in [-0.1, -0.05) is 0 Å². The molecule has 0 aromatic heterocycles. The van der Waals surface area contributed by atoms with Gasteiger partial charge in [0.1, 0.15) is 0 Å². The molecule has 0 aliphatic carbocycles. The van der Waals surface area contributed by atoms with Crippen LogP contribution >= 0.6 is 11.8 Å². The summed E-state index contributed by atoms with van der Waals surface area (Å²) in [5.74, 6) is -1.13. The number of hydrogen-bond acceptors (Lipinski definition) is 4. The minimum atomic E-state index is -0.915. The van der Waals surface area contributed by atoms with Crippen LogP contribution in [0.5, 0.6) is 0 Å². The summed E-state index contributed by atoms with van der Waals surface area (Å²) in [6.45, 7) is 7.21. The van der Waals surface area contributed by atoms with Crippen molar-refractivity contribution in [2.45, 2.75) is 50.3 Å². The molecular formula is C17H24N2O4S. The predicted molar refractivity (Wildman–Crippen MR) is 95.2 cm³/mol. The highest BCUT2D eigenvalue weighted by atomic mass is 32.2. The minimum absolute atomic E-state index is 0.0537. The quantitative estimate of drug-likeness (QED) is 0.703. The summed E-state index contributed by atoms with van der Waals surface area (Å²) in [6.07, 6.45) is -0.0628. The van der Waals surface area contributed by atoms with E-state index < -0.39 is 5.97 Å². The standard InChI is InChI=1S/C17H24N2O4S/c1-11(2)19(10-9-16(21)22)17(23)12(3)24-15-7-5-14(6-8-15)18-13(4)20/h5-8,11-12H,9-10H2,1-4H3,(H,18,20)(H,21,22). The summed E-state index contributed by atoms with van der Waals surface area (Å²) in [4.78, 5) is 36.8. The Balaban J connectivity index is 2.70. The first-order valence-corrected chi connectivity index (χ1v) is 8.65. The van der Waals surface area contributed by atoms with Crippen molar-refractivity contribution in [3.63, 3.8) is 0 Å². The van der Waals surface area contributed by atoms with E-state index in [9.17, 15) is 14.4 Å². The molecule has 6 nitrogen and oxygen atoms in total. The number of thioether (sulfide) groups is 1. The Morgan fingerprint density at radius 1 is 1.17 bits per heavy atom. The average Bonchev–Trinajstić information content (AvgIpc) is 2.48. The Kier molecular flexibility index (Phi) is 7.78. The number of carbonyl (C=O) groups is 3. The summed E-state index contributed by atoms with van der Waals surface area (Å²) < 4.78 is 0. The van der Waals surface area contributed by atoms with Gasteiger partial charge in [0.25, 0.3) is 0 Å². The number of anilines is 1. The Morgan fingerprint density at radius 2 is 1.75 bits per heavy atom. The molecular weight excluding hydrogens is 328 g/mol. The van der Waals surface area contributed by atoms with Crippen LogP contribution in [0.25, 0.3) is 0 Å². The maximum Gasteiger partial charge on any atom is 0.305 e. The van der Waals surface area contributed by atoms with E-state index in [4.69, 9.17) is 5.11 Å². The van der Waals surface area contributed by atoms with Gasteiger partial charge in [0, 0.05) is 30.1 Å². The van der Waals surface area contributed by atoms with Gasteiger partial charge in [0.05, 0.1) is 11.7 Å². The van der Waals surface area contributed by atoms with Crippen LogP contribution in [-0.4, -0.2) is 45.6 Å². The number of carboxylic acid groups (broad SMARTS) is 1. The SMILES string of the molecule is CC(=O)Nc1ccc(SC(C)C(=O)N(CCC(=O)O)C(C)C)cc1. The molecule has 1 aromatic rings. The molecule has 0 bridgehead atoms. The lowest BCUT2D eigenvalue weighted by atomic mass is 10.2. The maximum atomic E-state index is 12.6. The van der Waals surface area contributed by atoms with Crippen molar-refractivity contribution in [1.82, 2.24) is 4.90 Å². The lowest BCUT2D eigenvalue weighted by Gasteiger charge is -2.28. The molecule has 0 heterocycles. The van der Waals surface area contributed by atoms with E-state index >= 15 is 0 Å². The van der Waals surface area contributed by atoms with E-state index in [0.717, 1.165) is 4.90 Å². The second-order valence-electron chi connectivity index (χ2n) is 5.73. The van der Waals surface area contributed by atoms with E-state index in [1.807, 2.05) is 32.9 Å². The highest BCUT2D eigenvalue weighted by molar-refractivity contribution is 8.00. The van der Waals surface area contributed by atoms with E-state index in [1.165, 1.54) is 18.7 Å². The van der Waals surface area contributed by atoms with Crippen LogP contribution in [0.2, 0.25) is 0 Å². The van der Waals surface area contributed by atoms with Crippen LogP contribution in [0.4, 0.5) is 5.69 Å². The number of rotatable bonds is 8. The van der Waals surface area contributed by atoms with Crippen LogP contribution in [0.1, 0.15) is 34.1 Å². The van der Waals surface area contributed by atoms with Crippen LogP contribution in [0.3, 0.4) is 0 Å². The van der Waals surface area contributed by atoms with E-state index in [1.54, 1.807) is 17.0 Å². The number of nitrogens with one attached hydrogen (secondary N) is 1. The maximum absolute atomic E-state index is 12.6. The number of carboxylic acids is 1. The summed E-state index contributed by atoms with van der Waals surface area (Å²) in [7, 11) is 0. The first kappa shape index (κ1) is 20.0. The molecule has 2 N–H and O–H groups in total. The molecule has 1 rings (SSSR count). The molecule has 24 heavy (non-hydrogen) atoms. The molecule has 0 radical (unpaired) electrons. The van der Waals surface area contributed by atoms with Gasteiger partial charge in [0.2, 0.25) is 11.8 Å². The van der Waals surface area contributed by atoms with Crippen molar-refractivity contribution in [3.05, 3.63) is 24.3 Å². The fraction of sp³-hybridized carbons (Fsp3) is 0.471. The molecule has 0 spiro atoms. The first-order chi connectivity index (χ1) is 11.2. The Bertz CT molecular complexity index is 587. The summed E-state index contributed by atoms with van der Waals surface area (Å²) >= 11 is 1.41. The van der Waals surface area contributed by atoms with Crippen LogP contribution in [0.15, 0.2) is 29.2 Å². The van der Waals surface area contributed by atoms with Gasteiger partial charge < -0.3 is 15.3 Å². The van der Waals surface area contributed by atoms with Crippen LogP contribution < -0.4 is 5.32 Å². The lowest BCUT2D eigenvalue weighted by Crippen LogP contribution is -2.42. The molecule has 0 aliphatic rings. The lowest BCUT2D eigenvalue weighted by molar-refractivity contribution is -0.139. The highest BCUT2D eigenvalue weighted by Crippen LogP contribution is 2.26. The third-order valence-electron chi connectivity index (χ3n) is 3.31. The van der Waals surface area contributed by atoms with Crippen molar-refractivity contribution in [2.75, 3.05) is 11.9 Å². The zero-order valence-corrected chi connectivity index (χ0v) is 15.2. The normalized spacial score (nSPS) is 11.9. The van der Waals surface area contributed by atoms with E-state index in [0.29, 0.717) is 5.69 Å². The third-order valence-corrected chi connectivity index (χ3v) is 4.41. The number of amides is 2. The van der Waals surface area contributed by atoms with Gasteiger partial charge in [-0.15, -0.1) is 11.8 Å². The smallest absolute Gasteiger partial charge is 0.305 e. The molecule has 1 atom stereocenters. The van der Waals surface area contributed by atoms with Crippen LogP contribution in [0, 0.1) is 0 Å². The Morgan fingerprint density at radius 3 is 2.21 bits per heavy atom. The van der Waals surface area contributed by atoms with E-state index in [-0.39, 0.29) is 36.1 Å². The van der Waals surface area contributed by atoms with E-state index in [2.05, 4.69) is 5.32 Å². The molecule has 1 unspecified atom stereocenters. The molecule has 132 valence electrons. The number of benzene rings is 1.